The van der Waals surface area contributed by atoms with Gasteiger partial charge in [0.25, 0.3) is 0 Å². The molecule has 0 bridgehead atoms. The van der Waals surface area contributed by atoms with E-state index in [1.165, 1.54) is 17.7 Å². The SMILES string of the molecule is NC(CCc1cccs1)C1CCCCO1. The van der Waals surface area contributed by atoms with Gasteiger partial charge in [0.2, 0.25) is 0 Å². The minimum absolute atomic E-state index is 0.215. The van der Waals surface area contributed by atoms with Crippen LogP contribution in [0.25, 0.3) is 0 Å². The molecule has 0 aromatic carbocycles. The van der Waals surface area contributed by atoms with Crippen molar-refractivity contribution in [2.24, 2.45) is 5.73 Å². The van der Waals surface area contributed by atoms with Gasteiger partial charge in [-0.2, -0.15) is 0 Å². The summed E-state index contributed by atoms with van der Waals surface area (Å²) in [6.45, 7) is 0.900. The zero-order valence-electron chi connectivity index (χ0n) is 9.02. The van der Waals surface area contributed by atoms with Gasteiger partial charge in [-0.1, -0.05) is 6.07 Å². The molecule has 2 heterocycles. The van der Waals surface area contributed by atoms with E-state index in [-0.39, 0.29) is 6.04 Å². The zero-order valence-corrected chi connectivity index (χ0v) is 9.84. The highest BCUT2D eigenvalue weighted by atomic mass is 32.1. The molecule has 1 fully saturated rings. The Morgan fingerprint density at radius 2 is 2.47 bits per heavy atom. The molecule has 1 aliphatic rings. The highest BCUT2D eigenvalue weighted by molar-refractivity contribution is 7.09. The molecule has 15 heavy (non-hydrogen) atoms. The first-order valence-electron chi connectivity index (χ1n) is 5.76. The lowest BCUT2D eigenvalue weighted by molar-refractivity contribution is -0.000897. The van der Waals surface area contributed by atoms with E-state index in [1.807, 2.05) is 11.3 Å². The van der Waals surface area contributed by atoms with Gasteiger partial charge in [0.1, 0.15) is 0 Å². The zero-order chi connectivity index (χ0) is 10.5. The summed E-state index contributed by atoms with van der Waals surface area (Å²) in [7, 11) is 0. The van der Waals surface area contributed by atoms with Crippen LogP contribution in [0.15, 0.2) is 17.5 Å². The van der Waals surface area contributed by atoms with Crippen molar-refractivity contribution in [1.82, 2.24) is 0 Å². The van der Waals surface area contributed by atoms with Gasteiger partial charge in [-0.3, -0.25) is 0 Å². The normalized spacial score (nSPS) is 23.9. The number of thiophene rings is 1. The van der Waals surface area contributed by atoms with Crippen LogP contribution in [0.3, 0.4) is 0 Å². The number of hydrogen-bond donors (Lipinski definition) is 1. The van der Waals surface area contributed by atoms with Crippen molar-refractivity contribution in [2.45, 2.75) is 44.2 Å². The first-order valence-corrected chi connectivity index (χ1v) is 6.64. The van der Waals surface area contributed by atoms with E-state index in [2.05, 4.69) is 17.5 Å². The molecule has 1 aliphatic heterocycles. The predicted octanol–water partition coefficient (Wildman–Crippen LogP) is 2.58. The van der Waals surface area contributed by atoms with Crippen molar-refractivity contribution in [1.29, 1.82) is 0 Å². The average Bonchev–Trinajstić information content (AvgIpc) is 2.80. The van der Waals surface area contributed by atoms with Crippen LogP contribution in [0.1, 0.15) is 30.6 Å². The summed E-state index contributed by atoms with van der Waals surface area (Å²) in [6, 6.07) is 4.49. The van der Waals surface area contributed by atoms with Crippen LogP contribution in [0.4, 0.5) is 0 Å². The summed E-state index contributed by atoms with van der Waals surface area (Å²) < 4.78 is 5.69. The highest BCUT2D eigenvalue weighted by Crippen LogP contribution is 2.19. The van der Waals surface area contributed by atoms with Crippen molar-refractivity contribution >= 4 is 11.3 Å². The second-order valence-corrected chi connectivity index (χ2v) is 5.22. The lowest BCUT2D eigenvalue weighted by atomic mass is 9.99. The molecule has 2 nitrogen and oxygen atoms in total. The summed E-state index contributed by atoms with van der Waals surface area (Å²) in [5.41, 5.74) is 6.14. The number of aryl methyl sites for hydroxylation is 1. The van der Waals surface area contributed by atoms with E-state index < -0.39 is 0 Å². The molecule has 1 saturated heterocycles. The molecule has 0 aliphatic carbocycles. The van der Waals surface area contributed by atoms with Gasteiger partial charge in [0.05, 0.1) is 6.10 Å². The molecule has 2 atom stereocenters. The molecule has 3 heteroatoms. The molecule has 2 unspecified atom stereocenters. The van der Waals surface area contributed by atoms with Crippen molar-refractivity contribution < 1.29 is 4.74 Å². The van der Waals surface area contributed by atoms with Gasteiger partial charge >= 0.3 is 0 Å². The Kier molecular flexibility index (Phi) is 4.18. The number of ether oxygens (including phenoxy) is 1. The monoisotopic (exact) mass is 225 g/mol. The van der Waals surface area contributed by atoms with Crippen LogP contribution in [0.2, 0.25) is 0 Å². The third-order valence-electron chi connectivity index (χ3n) is 3.00. The van der Waals surface area contributed by atoms with Crippen LogP contribution >= 0.6 is 11.3 Å². The number of nitrogens with two attached hydrogens (primary N) is 1. The quantitative estimate of drug-likeness (QED) is 0.854. The molecular formula is C12H19NOS. The van der Waals surface area contributed by atoms with E-state index >= 15 is 0 Å². The van der Waals surface area contributed by atoms with E-state index in [9.17, 15) is 0 Å². The molecule has 84 valence electrons. The van der Waals surface area contributed by atoms with Crippen molar-refractivity contribution in [3.05, 3.63) is 22.4 Å². The highest BCUT2D eigenvalue weighted by Gasteiger charge is 2.20. The van der Waals surface area contributed by atoms with Gasteiger partial charge < -0.3 is 10.5 Å². The second kappa shape index (κ2) is 5.64. The summed E-state index contributed by atoms with van der Waals surface area (Å²) >= 11 is 1.82. The molecule has 0 saturated carbocycles. The lowest BCUT2D eigenvalue weighted by Gasteiger charge is -2.27. The molecule has 0 amide bonds. The molecular weight excluding hydrogens is 206 g/mol. The Balaban J connectivity index is 1.74. The van der Waals surface area contributed by atoms with Crippen molar-refractivity contribution in [3.8, 4) is 0 Å². The fraction of sp³-hybridized carbons (Fsp3) is 0.667. The van der Waals surface area contributed by atoms with Crippen molar-refractivity contribution in [3.63, 3.8) is 0 Å². The van der Waals surface area contributed by atoms with Gasteiger partial charge in [-0.25, -0.2) is 0 Å². The smallest absolute Gasteiger partial charge is 0.0726 e. The van der Waals surface area contributed by atoms with Gasteiger partial charge in [-0.05, 0) is 43.6 Å². The Labute approximate surface area is 95.4 Å². The fourth-order valence-electron chi connectivity index (χ4n) is 2.05. The van der Waals surface area contributed by atoms with Crippen LogP contribution in [0, 0.1) is 0 Å². The fourth-order valence-corrected chi connectivity index (χ4v) is 2.78. The first-order chi connectivity index (χ1) is 7.36. The summed E-state index contributed by atoms with van der Waals surface area (Å²) in [5, 5.41) is 2.12. The minimum Gasteiger partial charge on any atom is -0.377 e. The molecule has 2 N–H and O–H groups in total. The first kappa shape index (κ1) is 11.1. The molecule has 0 spiro atoms. The Hall–Kier alpha value is -0.380. The van der Waals surface area contributed by atoms with Gasteiger partial charge in [-0.15, -0.1) is 11.3 Å². The maximum absolute atomic E-state index is 6.14. The van der Waals surface area contributed by atoms with E-state index in [1.54, 1.807) is 0 Å². The Bertz CT molecular complexity index is 267. The molecule has 1 aromatic rings. The lowest BCUT2D eigenvalue weighted by Crippen LogP contribution is -2.39. The van der Waals surface area contributed by atoms with Gasteiger partial charge in [0.15, 0.2) is 0 Å². The average molecular weight is 225 g/mol. The largest absolute Gasteiger partial charge is 0.377 e. The van der Waals surface area contributed by atoms with Crippen LogP contribution in [0.5, 0.6) is 0 Å². The third kappa shape index (κ3) is 3.30. The van der Waals surface area contributed by atoms with Crippen molar-refractivity contribution in [2.75, 3.05) is 6.61 Å². The van der Waals surface area contributed by atoms with Crippen LogP contribution in [-0.4, -0.2) is 18.8 Å². The number of rotatable bonds is 4. The molecule has 0 radical (unpaired) electrons. The molecule has 2 rings (SSSR count). The van der Waals surface area contributed by atoms with E-state index in [4.69, 9.17) is 10.5 Å². The van der Waals surface area contributed by atoms with Crippen LogP contribution in [-0.2, 0) is 11.2 Å². The van der Waals surface area contributed by atoms with E-state index in [0.717, 1.165) is 25.9 Å². The predicted molar refractivity (Wildman–Crippen MR) is 64.2 cm³/mol. The standard InChI is InChI=1S/C12H19NOS/c13-11(12-5-1-2-8-14-12)7-6-10-4-3-9-15-10/h3-4,9,11-12H,1-2,5-8,13H2. The number of hydrogen-bond acceptors (Lipinski definition) is 3. The second-order valence-electron chi connectivity index (χ2n) is 4.19. The maximum Gasteiger partial charge on any atom is 0.0726 e. The van der Waals surface area contributed by atoms with Crippen LogP contribution < -0.4 is 5.73 Å². The Morgan fingerprint density at radius 3 is 3.13 bits per heavy atom. The molecule has 1 aromatic heterocycles. The summed E-state index contributed by atoms with van der Waals surface area (Å²) in [6.07, 6.45) is 6.07. The van der Waals surface area contributed by atoms with E-state index in [0.29, 0.717) is 6.10 Å². The summed E-state index contributed by atoms with van der Waals surface area (Å²) in [5.74, 6) is 0. The van der Waals surface area contributed by atoms with Gasteiger partial charge in [0, 0.05) is 17.5 Å². The summed E-state index contributed by atoms with van der Waals surface area (Å²) in [4.78, 5) is 1.43. The Morgan fingerprint density at radius 1 is 1.53 bits per heavy atom. The topological polar surface area (TPSA) is 35.2 Å². The maximum atomic E-state index is 6.14. The third-order valence-corrected chi connectivity index (χ3v) is 3.93. The minimum atomic E-state index is 0.215.